The second-order valence-electron chi connectivity index (χ2n) is 35.3. The van der Waals surface area contributed by atoms with Crippen LogP contribution < -0.4 is 38.5 Å². The zero-order valence-electron chi connectivity index (χ0n) is 80.1. The monoisotopic (exact) mass is 1990 g/mol. The molecule has 19 rings (SSSR count). The van der Waals surface area contributed by atoms with E-state index in [9.17, 15) is 32.4 Å². The van der Waals surface area contributed by atoms with Gasteiger partial charge in [0.05, 0.1) is 85.5 Å². The van der Waals surface area contributed by atoms with Crippen molar-refractivity contribution in [2.24, 2.45) is 0 Å². The summed E-state index contributed by atoms with van der Waals surface area (Å²) in [6.07, 6.45) is 5.49. The quantitative estimate of drug-likeness (QED) is 0.0286. The molecule has 724 valence electrons. The molecule has 4 aromatic carbocycles. The Bertz CT molecular complexity index is 6800. The van der Waals surface area contributed by atoms with Crippen molar-refractivity contribution < 1.29 is 70.3 Å². The smallest absolute Gasteiger partial charge is 0.231 e. The summed E-state index contributed by atoms with van der Waals surface area (Å²) in [5.74, 6) is 6.72. The van der Waals surface area contributed by atoms with E-state index in [-0.39, 0.29) is 41.2 Å². The van der Waals surface area contributed by atoms with E-state index in [0.717, 1.165) is 198 Å². The molecule has 3 fully saturated rings. The largest absolute Gasteiger partial charge is 0.497 e. The lowest BCUT2D eigenvalue weighted by Gasteiger charge is -2.26. The van der Waals surface area contributed by atoms with Gasteiger partial charge in [0.15, 0.2) is 11.5 Å². The molecule has 0 saturated carbocycles. The second kappa shape index (κ2) is 46.4. The third-order valence-corrected chi connectivity index (χ3v) is 32.0. The summed E-state index contributed by atoms with van der Waals surface area (Å²) in [5.41, 5.74) is 9.46. The number of carbonyl (C=O) groups excluding carboxylic acids is 5. The predicted octanol–water partition coefficient (Wildman–Crippen LogP) is 19.2. The number of sulfonamides is 1. The van der Waals surface area contributed by atoms with Crippen LogP contribution in [0.4, 0.5) is 0 Å². The van der Waals surface area contributed by atoms with Gasteiger partial charge in [0.25, 0.3) is 0 Å². The van der Waals surface area contributed by atoms with Crippen molar-refractivity contribution in [1.29, 1.82) is 0 Å². The van der Waals surface area contributed by atoms with Gasteiger partial charge in [0.2, 0.25) is 51.6 Å². The van der Waals surface area contributed by atoms with Crippen molar-refractivity contribution in [1.82, 2.24) is 52.6 Å². The van der Waals surface area contributed by atoms with Crippen molar-refractivity contribution in [3.8, 4) is 34.6 Å². The highest BCUT2D eigenvalue weighted by atomic mass is 32.2. The minimum Gasteiger partial charge on any atom is -0.497 e. The van der Waals surface area contributed by atoms with Crippen LogP contribution in [0.1, 0.15) is 145 Å². The number of thiophene rings is 5. The summed E-state index contributed by atoms with van der Waals surface area (Å²) in [6.45, 7) is 36.1. The van der Waals surface area contributed by atoms with Crippen LogP contribution in [0.2, 0.25) is 0 Å². The molecule has 0 spiro atoms. The van der Waals surface area contributed by atoms with E-state index in [2.05, 4.69) is 125 Å². The average Bonchev–Trinajstić information content (AvgIpc) is 1.64. The number of aryl methyl sites for hydroxylation is 8. The standard InChI is InChI=1S/C22H26N2O3S.C22H28N2O2S.C21H22N2O4S.C21H24N2O2S2.C18H21N3O4S2/c1-16-14-18-15-20(21(25)17-4-6-19(26-2)7-5-17)28-22(18)24(16)9-3-8-23-10-12-27-13-11-23;1-15-13-17-14-19(20(25)16-7-9-18(26-5)10-8-16)27-21(17)24(15)12-6-11-23-22(2,3)4;1-14-10-16-12-19(20(24)15-2-3-17-18(11-15)27-13-26-17)28-21(16)23(14)5-4-22-6-8-25-9-7-22;1-15-13-17-14-19(20(24)16-3-5-18(25-2)6-4-16)27-21(17)23(15)8-7-22-9-11-26-12-10-22;1-12-9-14-10-15(17(22)13-5-6-16(25-2)19-11-13)26-18(14)21(12)8-4-7-20-27(3,23)24/h4-7,14-15H,3,8-13H2,1-2H3;7-10,13-14,23H,6,11-12H2,1-5H3;2-3,10-12H,4-9,13H2,1H3;3-6,13-14H,7-12H2,1-2H3;5-6,9-11,20H,4,7-8H2,1-3H3. The molecule has 15 aromatic rings. The molecule has 2 N–H and O–H groups in total. The van der Waals surface area contributed by atoms with Crippen LogP contribution in [-0.4, -0.2) is 237 Å². The molecule has 3 saturated heterocycles. The van der Waals surface area contributed by atoms with E-state index in [0.29, 0.717) is 69.6 Å². The maximum atomic E-state index is 13.0. The van der Waals surface area contributed by atoms with Crippen molar-refractivity contribution in [3.05, 3.63) is 251 Å². The lowest BCUT2D eigenvalue weighted by atomic mass is 10.1. The zero-order valence-corrected chi connectivity index (χ0v) is 85.8. The Morgan fingerprint density at radius 2 is 0.715 bits per heavy atom. The number of methoxy groups -OCH3 is 4. The van der Waals surface area contributed by atoms with Crippen molar-refractivity contribution in [3.63, 3.8) is 0 Å². The van der Waals surface area contributed by atoms with Gasteiger partial charge in [-0.15, -0.1) is 56.7 Å². The van der Waals surface area contributed by atoms with Gasteiger partial charge < -0.3 is 66.0 Å². The van der Waals surface area contributed by atoms with Crippen LogP contribution in [0.25, 0.3) is 51.1 Å². The number of morpholine rings is 2. The Hall–Kier alpha value is -10.6. The summed E-state index contributed by atoms with van der Waals surface area (Å²) in [4.78, 5) is 85.3. The SMILES string of the molecule is COc1ccc(C(=O)c2cc3cc(C)n(CCCN4CCOCC4)c3s2)cc1.COc1ccc(C(=O)c2cc3cc(C)n(CCCNC(C)(C)C)c3s2)cc1.COc1ccc(C(=O)c2cc3cc(C)n(CCCNS(C)(=O)=O)c3s2)cn1.COc1ccc(C(=O)c2cc3cc(C)n(CCN4CCSCC4)c3s2)cc1.Cc1cc2cc(C(=O)c3ccc4c(c3)OCO4)sc2n1CCN1CCOCC1. The van der Waals surface area contributed by atoms with E-state index in [1.807, 2.05) is 128 Å². The van der Waals surface area contributed by atoms with Crippen LogP contribution >= 0.6 is 68.4 Å². The third kappa shape index (κ3) is 25.7. The number of benzene rings is 4. The maximum absolute atomic E-state index is 13.0. The number of pyridine rings is 1. The number of hydrogen-bond donors (Lipinski definition) is 2. The Kier molecular flexibility index (Phi) is 34.2. The first-order valence-electron chi connectivity index (χ1n) is 46.2. The van der Waals surface area contributed by atoms with Crippen LogP contribution in [0, 0.1) is 34.6 Å². The number of thioether (sulfide) groups is 1. The first kappa shape index (κ1) is 101. The van der Waals surface area contributed by atoms with Gasteiger partial charge in [0, 0.05) is 211 Å². The molecule has 15 heterocycles. The van der Waals surface area contributed by atoms with Crippen LogP contribution in [0.15, 0.2) is 170 Å². The molecule has 0 radical (unpaired) electrons. The summed E-state index contributed by atoms with van der Waals surface area (Å²) in [6, 6.07) is 51.4. The topological polar surface area (TPSA) is 265 Å². The van der Waals surface area contributed by atoms with Crippen LogP contribution in [-0.2, 0) is 52.2 Å². The molecule has 0 aliphatic carbocycles. The Morgan fingerprint density at radius 1 is 0.380 bits per heavy atom. The third-order valence-electron chi connectivity index (χ3n) is 24.5. The molecule has 4 aliphatic heterocycles. The van der Waals surface area contributed by atoms with E-state index in [4.69, 9.17) is 37.9 Å². The molecule has 11 aromatic heterocycles. The molecule has 0 unspecified atom stereocenters. The molecular weight excluding hydrogens is 1870 g/mol. The molecule has 0 bridgehead atoms. The fourth-order valence-corrected chi connectivity index (χ4v) is 24.5. The molecule has 0 atom stereocenters. The van der Waals surface area contributed by atoms with Crippen LogP contribution in [0.3, 0.4) is 0 Å². The number of fused-ring (bicyclic) bond motifs is 6. The first-order chi connectivity index (χ1) is 66.1. The van der Waals surface area contributed by atoms with Gasteiger partial charge in [-0.2, -0.15) is 11.8 Å². The highest BCUT2D eigenvalue weighted by Crippen LogP contribution is 2.39. The number of ether oxygens (including phenoxy) is 8. The van der Waals surface area contributed by atoms with Crippen molar-refractivity contribution in [2.45, 2.75) is 113 Å². The fourth-order valence-electron chi connectivity index (χ4n) is 17.0. The molecule has 137 heavy (non-hydrogen) atoms. The second-order valence-corrected chi connectivity index (χ2v) is 43.5. The zero-order chi connectivity index (χ0) is 96.6. The number of hydrogen-bond acceptors (Lipinski definition) is 26. The molecule has 0 amide bonds. The van der Waals surface area contributed by atoms with Crippen molar-refractivity contribution in [2.75, 3.05) is 151 Å². The summed E-state index contributed by atoms with van der Waals surface area (Å²) in [7, 11) is 3.24. The Balaban J connectivity index is 0.000000130. The number of nitrogens with one attached hydrogen (secondary N) is 2. The number of nitrogens with zero attached hydrogens (tertiary/aromatic N) is 9. The Morgan fingerprint density at radius 3 is 1.08 bits per heavy atom. The number of aromatic nitrogens is 6. The normalized spacial score (nSPS) is 14.2. The maximum Gasteiger partial charge on any atom is 0.231 e. The lowest BCUT2D eigenvalue weighted by Crippen LogP contribution is -2.38. The van der Waals surface area contributed by atoms with Gasteiger partial charge in [-0.05, 0) is 239 Å². The summed E-state index contributed by atoms with van der Waals surface area (Å²) in [5, 5.41) is 9.16. The number of ketones is 5. The minimum absolute atomic E-state index is 0.0249. The van der Waals surface area contributed by atoms with Gasteiger partial charge in [-0.3, -0.25) is 38.7 Å². The summed E-state index contributed by atoms with van der Waals surface area (Å²) < 4.78 is 78.4. The predicted molar refractivity (Wildman–Crippen MR) is 555 cm³/mol. The highest BCUT2D eigenvalue weighted by Gasteiger charge is 2.27. The fraction of sp³-hybridized carbons (Fsp3) is 0.385. The van der Waals surface area contributed by atoms with Crippen molar-refractivity contribution >= 4 is 158 Å². The van der Waals surface area contributed by atoms with Gasteiger partial charge >= 0.3 is 0 Å². The molecule has 33 heteroatoms. The minimum atomic E-state index is -3.18. The van der Waals surface area contributed by atoms with Gasteiger partial charge in [0.1, 0.15) is 41.4 Å². The molecule has 26 nitrogen and oxygen atoms in total. The van der Waals surface area contributed by atoms with E-state index in [1.54, 1.807) is 97.0 Å². The van der Waals surface area contributed by atoms with E-state index < -0.39 is 10.0 Å². The lowest BCUT2D eigenvalue weighted by molar-refractivity contribution is 0.0365. The van der Waals surface area contributed by atoms with Gasteiger partial charge in [-0.1, -0.05) is 0 Å². The van der Waals surface area contributed by atoms with E-state index >= 15 is 0 Å². The van der Waals surface area contributed by atoms with Gasteiger partial charge in [-0.25, -0.2) is 18.1 Å². The highest BCUT2D eigenvalue weighted by molar-refractivity contribution is 7.99. The average molecular weight is 1990 g/mol. The first-order valence-corrected chi connectivity index (χ1v) is 53.3. The molecule has 4 aliphatic rings. The Labute approximate surface area is 824 Å². The van der Waals surface area contributed by atoms with Crippen LogP contribution in [0.5, 0.6) is 34.6 Å². The molecular formula is C104H121N11O15S7. The van der Waals surface area contributed by atoms with E-state index in [1.165, 1.54) is 91.9 Å². The number of rotatable bonds is 33. The number of carbonyl (C=O) groups is 5. The summed E-state index contributed by atoms with van der Waals surface area (Å²) >= 11 is 9.82.